The van der Waals surface area contributed by atoms with Crippen LogP contribution in [0, 0.1) is 5.92 Å². The Labute approximate surface area is 130 Å². The van der Waals surface area contributed by atoms with Gasteiger partial charge in [-0.05, 0) is 43.4 Å². The summed E-state index contributed by atoms with van der Waals surface area (Å²) in [6.07, 6.45) is 2.98. The Morgan fingerprint density at radius 1 is 1.36 bits per heavy atom. The maximum atomic E-state index is 12.8. The molecule has 120 valence electrons. The summed E-state index contributed by atoms with van der Waals surface area (Å²) in [6, 6.07) is 4.63. The lowest BCUT2D eigenvalue weighted by Gasteiger charge is -2.23. The Morgan fingerprint density at radius 3 is 2.82 bits per heavy atom. The molecular formula is C15H20N2O4S. The Bertz CT molecular complexity index is 683. The standard InChI is InChI=1S/C15H20N2O4S/c1-2-7-17(9-11-3-4-11)22(19,20)12-5-6-14-13(8-12)16-15(18)10-21-14/h5-6,8,11H,2-4,7,9-10H2,1H3,(H,16,18). The van der Waals surface area contributed by atoms with Crippen LogP contribution < -0.4 is 10.1 Å². The van der Waals surface area contributed by atoms with E-state index in [0.29, 0.717) is 30.4 Å². The monoisotopic (exact) mass is 324 g/mol. The van der Waals surface area contributed by atoms with Crippen molar-refractivity contribution in [1.82, 2.24) is 4.31 Å². The average molecular weight is 324 g/mol. The molecule has 6 nitrogen and oxygen atoms in total. The zero-order chi connectivity index (χ0) is 15.7. The van der Waals surface area contributed by atoms with Gasteiger partial charge in [-0.1, -0.05) is 6.92 Å². The van der Waals surface area contributed by atoms with Crippen molar-refractivity contribution in [3.63, 3.8) is 0 Å². The summed E-state index contributed by atoms with van der Waals surface area (Å²) in [5.74, 6) is 0.718. The third-order valence-electron chi connectivity index (χ3n) is 3.85. The first kappa shape index (κ1) is 15.3. The number of carbonyl (C=O) groups excluding carboxylic acids is 1. The zero-order valence-electron chi connectivity index (χ0n) is 12.5. The van der Waals surface area contributed by atoms with Crippen molar-refractivity contribution >= 4 is 21.6 Å². The van der Waals surface area contributed by atoms with Crippen LogP contribution in [0.5, 0.6) is 5.75 Å². The minimum atomic E-state index is -3.54. The second-order valence-corrected chi connectivity index (χ2v) is 7.74. The second-order valence-electron chi connectivity index (χ2n) is 5.80. The molecule has 0 bridgehead atoms. The number of rotatable bonds is 6. The van der Waals surface area contributed by atoms with E-state index in [4.69, 9.17) is 4.74 Å². The molecule has 0 unspecified atom stereocenters. The Kier molecular flexibility index (Phi) is 4.10. The van der Waals surface area contributed by atoms with Gasteiger partial charge in [0.25, 0.3) is 5.91 Å². The largest absolute Gasteiger partial charge is 0.482 e. The molecule has 2 aliphatic rings. The van der Waals surface area contributed by atoms with Gasteiger partial charge >= 0.3 is 0 Å². The number of hydrogen-bond donors (Lipinski definition) is 1. The first-order valence-corrected chi connectivity index (χ1v) is 9.01. The van der Waals surface area contributed by atoms with Crippen molar-refractivity contribution in [2.24, 2.45) is 5.92 Å². The van der Waals surface area contributed by atoms with E-state index in [-0.39, 0.29) is 17.4 Å². The van der Waals surface area contributed by atoms with E-state index in [1.54, 1.807) is 16.4 Å². The molecule has 0 spiro atoms. The fourth-order valence-electron chi connectivity index (χ4n) is 2.52. The average Bonchev–Trinajstić information content (AvgIpc) is 3.30. The van der Waals surface area contributed by atoms with Crippen LogP contribution in [-0.2, 0) is 14.8 Å². The van der Waals surface area contributed by atoms with Crippen molar-refractivity contribution < 1.29 is 17.9 Å². The van der Waals surface area contributed by atoms with Crippen LogP contribution in [0.25, 0.3) is 0 Å². The third kappa shape index (κ3) is 3.10. The highest BCUT2D eigenvalue weighted by molar-refractivity contribution is 7.89. The number of benzene rings is 1. The van der Waals surface area contributed by atoms with Crippen molar-refractivity contribution in [2.45, 2.75) is 31.1 Å². The predicted molar refractivity (Wildman–Crippen MR) is 82.3 cm³/mol. The smallest absolute Gasteiger partial charge is 0.262 e. The highest BCUT2D eigenvalue weighted by Crippen LogP contribution is 2.34. The van der Waals surface area contributed by atoms with Crippen molar-refractivity contribution in [3.05, 3.63) is 18.2 Å². The summed E-state index contributed by atoms with van der Waals surface area (Å²) in [5.41, 5.74) is 0.417. The molecule has 7 heteroatoms. The Morgan fingerprint density at radius 2 is 2.14 bits per heavy atom. The first-order chi connectivity index (χ1) is 10.5. The highest BCUT2D eigenvalue weighted by atomic mass is 32.2. The molecule has 1 aromatic rings. The number of ether oxygens (including phenoxy) is 1. The summed E-state index contributed by atoms with van der Waals surface area (Å²) >= 11 is 0. The molecule has 1 N–H and O–H groups in total. The van der Waals surface area contributed by atoms with Crippen molar-refractivity contribution in [1.29, 1.82) is 0 Å². The predicted octanol–water partition coefficient (Wildman–Crippen LogP) is 1.83. The van der Waals surface area contributed by atoms with E-state index >= 15 is 0 Å². The molecule has 1 aromatic carbocycles. The van der Waals surface area contributed by atoms with Gasteiger partial charge in [-0.3, -0.25) is 4.79 Å². The van der Waals surface area contributed by atoms with Crippen LogP contribution in [0.15, 0.2) is 23.1 Å². The van der Waals surface area contributed by atoms with Gasteiger partial charge in [-0.25, -0.2) is 8.42 Å². The first-order valence-electron chi connectivity index (χ1n) is 7.57. The summed E-state index contributed by atoms with van der Waals surface area (Å²) in [7, 11) is -3.54. The maximum absolute atomic E-state index is 12.8. The highest BCUT2D eigenvalue weighted by Gasteiger charge is 2.32. The number of carbonyl (C=O) groups is 1. The lowest BCUT2D eigenvalue weighted by atomic mass is 10.2. The van der Waals surface area contributed by atoms with Gasteiger partial charge in [0.15, 0.2) is 6.61 Å². The summed E-state index contributed by atoms with van der Waals surface area (Å²) < 4.78 is 32.5. The van der Waals surface area contributed by atoms with E-state index in [0.717, 1.165) is 19.3 Å². The lowest BCUT2D eigenvalue weighted by molar-refractivity contribution is -0.118. The minimum absolute atomic E-state index is 0.0390. The van der Waals surface area contributed by atoms with Crippen LogP contribution in [0.2, 0.25) is 0 Å². The number of sulfonamides is 1. The maximum Gasteiger partial charge on any atom is 0.262 e. The van der Waals surface area contributed by atoms with E-state index < -0.39 is 10.0 Å². The molecule has 3 rings (SSSR count). The molecule has 0 saturated heterocycles. The number of fused-ring (bicyclic) bond motifs is 1. The van der Waals surface area contributed by atoms with E-state index in [1.165, 1.54) is 6.07 Å². The second kappa shape index (κ2) is 5.89. The molecule has 1 aliphatic heterocycles. The minimum Gasteiger partial charge on any atom is -0.482 e. The molecular weight excluding hydrogens is 304 g/mol. The van der Waals surface area contributed by atoms with Gasteiger partial charge in [0.2, 0.25) is 10.0 Å². The molecule has 0 atom stereocenters. The number of nitrogens with one attached hydrogen (secondary N) is 1. The quantitative estimate of drug-likeness (QED) is 0.866. The van der Waals surface area contributed by atoms with Gasteiger partial charge < -0.3 is 10.1 Å². The van der Waals surface area contributed by atoms with Crippen LogP contribution in [0.1, 0.15) is 26.2 Å². The molecule has 1 fully saturated rings. The Hall–Kier alpha value is -1.60. The SMILES string of the molecule is CCCN(CC1CC1)S(=O)(=O)c1ccc2c(c1)NC(=O)CO2. The van der Waals surface area contributed by atoms with Crippen LogP contribution in [-0.4, -0.2) is 38.3 Å². The van der Waals surface area contributed by atoms with Gasteiger partial charge in [0.05, 0.1) is 10.6 Å². The molecule has 1 aliphatic carbocycles. The number of nitrogens with zero attached hydrogens (tertiary/aromatic N) is 1. The zero-order valence-corrected chi connectivity index (χ0v) is 13.4. The van der Waals surface area contributed by atoms with Gasteiger partial charge in [0, 0.05) is 13.1 Å². The summed E-state index contributed by atoms with van der Waals surface area (Å²) in [5, 5.41) is 2.65. The van der Waals surface area contributed by atoms with E-state index in [2.05, 4.69) is 5.32 Å². The van der Waals surface area contributed by atoms with E-state index in [1.807, 2.05) is 6.92 Å². The molecule has 1 saturated carbocycles. The third-order valence-corrected chi connectivity index (χ3v) is 5.71. The number of amides is 1. The van der Waals surface area contributed by atoms with Crippen molar-refractivity contribution in [2.75, 3.05) is 25.0 Å². The fraction of sp³-hybridized carbons (Fsp3) is 0.533. The van der Waals surface area contributed by atoms with Gasteiger partial charge in [0.1, 0.15) is 5.75 Å². The fourth-order valence-corrected chi connectivity index (χ4v) is 4.15. The summed E-state index contributed by atoms with van der Waals surface area (Å²) in [4.78, 5) is 11.6. The molecule has 1 amide bonds. The van der Waals surface area contributed by atoms with Crippen LogP contribution in [0.4, 0.5) is 5.69 Å². The van der Waals surface area contributed by atoms with E-state index in [9.17, 15) is 13.2 Å². The molecule has 1 heterocycles. The molecule has 0 radical (unpaired) electrons. The normalized spacial score (nSPS) is 17.8. The van der Waals surface area contributed by atoms with Crippen LogP contribution in [0.3, 0.4) is 0 Å². The lowest BCUT2D eigenvalue weighted by Crippen LogP contribution is -2.34. The summed E-state index contributed by atoms with van der Waals surface area (Å²) in [6.45, 7) is 3.02. The molecule has 22 heavy (non-hydrogen) atoms. The van der Waals surface area contributed by atoms with Crippen LogP contribution >= 0.6 is 0 Å². The Balaban J connectivity index is 1.90. The van der Waals surface area contributed by atoms with Gasteiger partial charge in [-0.2, -0.15) is 4.31 Å². The topological polar surface area (TPSA) is 75.7 Å². The number of anilines is 1. The molecule has 0 aromatic heterocycles. The van der Waals surface area contributed by atoms with Gasteiger partial charge in [-0.15, -0.1) is 0 Å². The number of hydrogen-bond acceptors (Lipinski definition) is 4. The van der Waals surface area contributed by atoms with Crippen molar-refractivity contribution in [3.8, 4) is 5.75 Å².